The van der Waals surface area contributed by atoms with Gasteiger partial charge in [-0.2, -0.15) is 0 Å². The zero-order valence-corrected chi connectivity index (χ0v) is 11.6. The molecule has 0 radical (unpaired) electrons. The number of nitrogens with two attached hydrogens (primary N) is 2. The highest BCUT2D eigenvalue weighted by Gasteiger charge is 2.34. The summed E-state index contributed by atoms with van der Waals surface area (Å²) in [6, 6.07) is -0.0982. The first kappa shape index (κ1) is 15.0. The molecule has 0 amide bonds. The molecule has 0 heterocycles. The molecule has 5 heteroatoms. The lowest BCUT2D eigenvalue weighted by Gasteiger charge is -2.34. The maximum atomic E-state index is 12.1. The van der Waals surface area contributed by atoms with E-state index in [1.165, 1.54) is 0 Å². The minimum Gasteiger partial charge on any atom is -0.370 e. The van der Waals surface area contributed by atoms with Crippen molar-refractivity contribution in [1.29, 1.82) is 5.41 Å². The fourth-order valence-corrected chi connectivity index (χ4v) is 2.56. The highest BCUT2D eigenvalue weighted by Crippen LogP contribution is 2.29. The van der Waals surface area contributed by atoms with Gasteiger partial charge in [-0.15, -0.1) is 0 Å². The van der Waals surface area contributed by atoms with Crippen molar-refractivity contribution in [2.45, 2.75) is 58.5 Å². The van der Waals surface area contributed by atoms with Crippen molar-refractivity contribution in [2.75, 3.05) is 0 Å². The summed E-state index contributed by atoms with van der Waals surface area (Å²) in [7, 11) is 0. The monoisotopic (exact) mass is 254 g/mol. The van der Waals surface area contributed by atoms with Gasteiger partial charge < -0.3 is 16.8 Å². The van der Waals surface area contributed by atoms with Gasteiger partial charge in [0.15, 0.2) is 11.7 Å². The molecular formula is C13H26N4O. The predicted molar refractivity (Wildman–Crippen MR) is 73.2 cm³/mol. The molecule has 0 spiro atoms. The van der Waals surface area contributed by atoms with E-state index in [1.54, 1.807) is 0 Å². The number of Topliss-reactive ketones (excluding diaryl/α,β-unsaturated/α-hetero) is 1. The van der Waals surface area contributed by atoms with Gasteiger partial charge in [0.1, 0.15) is 0 Å². The molecular weight excluding hydrogens is 228 g/mol. The summed E-state index contributed by atoms with van der Waals surface area (Å²) < 4.78 is 0. The lowest BCUT2D eigenvalue weighted by Crippen LogP contribution is -2.48. The largest absolute Gasteiger partial charge is 0.370 e. The third-order valence-electron chi connectivity index (χ3n) is 3.68. The number of hydrogen-bond donors (Lipinski definition) is 4. The quantitative estimate of drug-likeness (QED) is 0.445. The van der Waals surface area contributed by atoms with E-state index in [4.69, 9.17) is 16.9 Å². The maximum absolute atomic E-state index is 12.1. The average molecular weight is 254 g/mol. The third kappa shape index (κ3) is 3.98. The Labute approximate surface area is 109 Å². The standard InChI is InChI=1S/C13H26N4O/c1-13(2,3)11(18)10(14)8-4-6-9(7-5-8)17-12(15)16/h8-10H,4-7,14H2,1-3H3,(H4,15,16,17). The normalized spacial score (nSPS) is 26.4. The Balaban J connectivity index is 2.48. The molecule has 1 fully saturated rings. The second kappa shape index (κ2) is 5.69. The highest BCUT2D eigenvalue weighted by atomic mass is 16.1. The van der Waals surface area contributed by atoms with Crippen LogP contribution in [-0.4, -0.2) is 23.8 Å². The van der Waals surface area contributed by atoms with Gasteiger partial charge in [-0.3, -0.25) is 10.2 Å². The van der Waals surface area contributed by atoms with Crippen LogP contribution in [0.1, 0.15) is 46.5 Å². The molecule has 0 aromatic heterocycles. The van der Waals surface area contributed by atoms with E-state index in [9.17, 15) is 4.79 Å². The first-order valence-corrected chi connectivity index (χ1v) is 6.62. The van der Waals surface area contributed by atoms with E-state index < -0.39 is 0 Å². The van der Waals surface area contributed by atoms with Crippen molar-refractivity contribution in [3.63, 3.8) is 0 Å². The van der Waals surface area contributed by atoms with E-state index >= 15 is 0 Å². The molecule has 1 aliphatic rings. The first-order valence-electron chi connectivity index (χ1n) is 6.62. The Hall–Kier alpha value is -1.10. The Morgan fingerprint density at radius 1 is 1.28 bits per heavy atom. The summed E-state index contributed by atoms with van der Waals surface area (Å²) in [6.07, 6.45) is 3.70. The lowest BCUT2D eigenvalue weighted by atomic mass is 9.75. The van der Waals surface area contributed by atoms with Crippen LogP contribution in [-0.2, 0) is 4.79 Å². The van der Waals surface area contributed by atoms with Crippen LogP contribution in [0.3, 0.4) is 0 Å². The van der Waals surface area contributed by atoms with Crippen LogP contribution in [0.5, 0.6) is 0 Å². The molecule has 1 unspecified atom stereocenters. The van der Waals surface area contributed by atoms with Crippen molar-refractivity contribution in [3.8, 4) is 0 Å². The highest BCUT2D eigenvalue weighted by molar-refractivity contribution is 5.88. The smallest absolute Gasteiger partial charge is 0.185 e. The van der Waals surface area contributed by atoms with Gasteiger partial charge in [0.25, 0.3) is 0 Å². The number of carbonyl (C=O) groups excluding carboxylic acids is 1. The van der Waals surface area contributed by atoms with Crippen LogP contribution in [0, 0.1) is 16.7 Å². The molecule has 1 rings (SSSR count). The van der Waals surface area contributed by atoms with Crippen LogP contribution in [0.4, 0.5) is 0 Å². The first-order chi connectivity index (χ1) is 8.21. The molecule has 0 aliphatic heterocycles. The minimum atomic E-state index is -0.367. The zero-order valence-electron chi connectivity index (χ0n) is 11.6. The van der Waals surface area contributed by atoms with Gasteiger partial charge in [0, 0.05) is 11.5 Å². The van der Waals surface area contributed by atoms with E-state index in [2.05, 4.69) is 5.32 Å². The van der Waals surface area contributed by atoms with Crippen molar-refractivity contribution in [2.24, 2.45) is 22.8 Å². The molecule has 0 bridgehead atoms. The average Bonchev–Trinajstić information content (AvgIpc) is 2.26. The number of ketones is 1. The molecule has 18 heavy (non-hydrogen) atoms. The summed E-state index contributed by atoms with van der Waals surface area (Å²) in [5.74, 6) is 0.431. The number of nitrogens with one attached hydrogen (secondary N) is 2. The summed E-state index contributed by atoms with van der Waals surface area (Å²) in [6.45, 7) is 5.74. The molecule has 5 nitrogen and oxygen atoms in total. The van der Waals surface area contributed by atoms with Gasteiger partial charge in [-0.25, -0.2) is 0 Å². The SMILES string of the molecule is CC(C)(C)C(=O)C(N)C1CCC(NC(=N)N)CC1. The lowest BCUT2D eigenvalue weighted by molar-refractivity contribution is -0.129. The zero-order chi connectivity index (χ0) is 13.9. The molecule has 0 aromatic rings. The van der Waals surface area contributed by atoms with Crippen LogP contribution >= 0.6 is 0 Å². The van der Waals surface area contributed by atoms with Gasteiger partial charge in [-0.05, 0) is 31.6 Å². The molecule has 1 saturated carbocycles. The van der Waals surface area contributed by atoms with Crippen LogP contribution < -0.4 is 16.8 Å². The number of rotatable bonds is 3. The molecule has 1 aliphatic carbocycles. The number of hydrogen-bond acceptors (Lipinski definition) is 3. The van der Waals surface area contributed by atoms with E-state index in [0.717, 1.165) is 25.7 Å². The van der Waals surface area contributed by atoms with Crippen molar-refractivity contribution in [3.05, 3.63) is 0 Å². The van der Waals surface area contributed by atoms with Crippen LogP contribution in [0.25, 0.3) is 0 Å². The Bertz CT molecular complexity index is 313. The summed E-state index contributed by atoms with van der Waals surface area (Å²) in [5, 5.41) is 10.1. The molecule has 0 saturated heterocycles. The third-order valence-corrected chi connectivity index (χ3v) is 3.68. The summed E-state index contributed by atoms with van der Waals surface area (Å²) in [5.41, 5.74) is 11.0. The number of guanidine groups is 1. The second-order valence-electron chi connectivity index (χ2n) is 6.31. The van der Waals surface area contributed by atoms with Gasteiger partial charge in [-0.1, -0.05) is 20.8 Å². The predicted octanol–water partition coefficient (Wildman–Crippen LogP) is 0.971. The fourth-order valence-electron chi connectivity index (χ4n) is 2.56. The Morgan fingerprint density at radius 2 is 1.78 bits per heavy atom. The maximum Gasteiger partial charge on any atom is 0.185 e. The van der Waals surface area contributed by atoms with Crippen molar-refractivity contribution >= 4 is 11.7 Å². The van der Waals surface area contributed by atoms with Gasteiger partial charge >= 0.3 is 0 Å². The van der Waals surface area contributed by atoms with Gasteiger partial charge in [0.2, 0.25) is 0 Å². The van der Waals surface area contributed by atoms with Crippen molar-refractivity contribution < 1.29 is 4.79 Å². The summed E-state index contributed by atoms with van der Waals surface area (Å²) >= 11 is 0. The molecule has 104 valence electrons. The number of carbonyl (C=O) groups is 1. The van der Waals surface area contributed by atoms with E-state index in [-0.39, 0.29) is 35.2 Å². The summed E-state index contributed by atoms with van der Waals surface area (Å²) in [4.78, 5) is 12.1. The van der Waals surface area contributed by atoms with Gasteiger partial charge in [0.05, 0.1) is 6.04 Å². The fraction of sp³-hybridized carbons (Fsp3) is 0.846. The minimum absolute atomic E-state index is 0.0218. The Morgan fingerprint density at radius 3 is 2.17 bits per heavy atom. The second-order valence-corrected chi connectivity index (χ2v) is 6.31. The molecule has 6 N–H and O–H groups in total. The Kier molecular flexibility index (Phi) is 4.73. The topological polar surface area (TPSA) is 105 Å². The molecule has 1 atom stereocenters. The van der Waals surface area contributed by atoms with Crippen molar-refractivity contribution in [1.82, 2.24) is 5.32 Å². The molecule has 0 aromatic carbocycles. The van der Waals surface area contributed by atoms with Crippen LogP contribution in [0.2, 0.25) is 0 Å². The van der Waals surface area contributed by atoms with Crippen LogP contribution in [0.15, 0.2) is 0 Å². The van der Waals surface area contributed by atoms with E-state index in [0.29, 0.717) is 0 Å². The van der Waals surface area contributed by atoms with E-state index in [1.807, 2.05) is 20.8 Å².